The standard InChI is InChI=1S/C11H18O4/c1-11(2)14-8-10(15-11)9(12)6-4-5-7-13-3/h9-10,12H,6-8H2,1-3H3/t9?,10-/m1/s1. The van der Waals surface area contributed by atoms with Crippen molar-refractivity contribution >= 4 is 0 Å². The predicted octanol–water partition coefficient (Wildman–Crippen LogP) is 0.539. The van der Waals surface area contributed by atoms with Crippen molar-refractivity contribution in [1.29, 1.82) is 0 Å². The molecular formula is C11H18O4. The van der Waals surface area contributed by atoms with E-state index >= 15 is 0 Å². The maximum absolute atomic E-state index is 9.73. The topological polar surface area (TPSA) is 47.9 Å². The fraction of sp³-hybridized carbons (Fsp3) is 0.818. The zero-order valence-electron chi connectivity index (χ0n) is 9.45. The zero-order chi connectivity index (χ0) is 11.3. The number of hydrogen-bond acceptors (Lipinski definition) is 4. The molecule has 1 heterocycles. The molecule has 2 atom stereocenters. The largest absolute Gasteiger partial charge is 0.389 e. The predicted molar refractivity (Wildman–Crippen MR) is 55.2 cm³/mol. The highest BCUT2D eigenvalue weighted by atomic mass is 16.7. The minimum Gasteiger partial charge on any atom is -0.389 e. The summed E-state index contributed by atoms with van der Waals surface area (Å²) in [7, 11) is 1.58. The summed E-state index contributed by atoms with van der Waals surface area (Å²) in [6.45, 7) is 4.47. The van der Waals surface area contributed by atoms with Crippen LogP contribution in [0.25, 0.3) is 0 Å². The third-order valence-corrected chi connectivity index (χ3v) is 2.11. The lowest BCUT2D eigenvalue weighted by Crippen LogP contribution is -2.30. The zero-order valence-corrected chi connectivity index (χ0v) is 9.45. The summed E-state index contributed by atoms with van der Waals surface area (Å²) in [4.78, 5) is 0. The van der Waals surface area contributed by atoms with E-state index in [0.29, 0.717) is 19.6 Å². The summed E-state index contributed by atoms with van der Waals surface area (Å²) in [6, 6.07) is 0. The summed E-state index contributed by atoms with van der Waals surface area (Å²) in [5.41, 5.74) is 0. The number of aliphatic hydroxyl groups is 1. The Hall–Kier alpha value is -0.600. The Morgan fingerprint density at radius 2 is 2.27 bits per heavy atom. The SMILES string of the molecule is COCC#CCC(O)[C@H]1COC(C)(C)O1. The Bertz CT molecular complexity index is 251. The maximum Gasteiger partial charge on any atom is 0.163 e. The van der Waals surface area contributed by atoms with Gasteiger partial charge in [-0.25, -0.2) is 0 Å². The lowest BCUT2D eigenvalue weighted by molar-refractivity contribution is -0.150. The second-order valence-corrected chi connectivity index (χ2v) is 3.93. The third-order valence-electron chi connectivity index (χ3n) is 2.11. The Labute approximate surface area is 90.5 Å². The highest BCUT2D eigenvalue weighted by Gasteiger charge is 2.36. The van der Waals surface area contributed by atoms with E-state index in [1.807, 2.05) is 13.8 Å². The molecule has 0 aromatic carbocycles. The van der Waals surface area contributed by atoms with E-state index in [9.17, 15) is 5.11 Å². The third kappa shape index (κ3) is 4.18. The van der Waals surface area contributed by atoms with Gasteiger partial charge in [-0.2, -0.15) is 0 Å². The molecule has 0 amide bonds. The molecule has 0 spiro atoms. The van der Waals surface area contributed by atoms with Crippen molar-refractivity contribution in [3.05, 3.63) is 0 Å². The number of methoxy groups -OCH3 is 1. The summed E-state index contributed by atoms with van der Waals surface area (Å²) in [5.74, 6) is 5.02. The molecule has 1 unspecified atom stereocenters. The maximum atomic E-state index is 9.73. The molecule has 1 aliphatic heterocycles. The Morgan fingerprint density at radius 3 is 2.80 bits per heavy atom. The lowest BCUT2D eigenvalue weighted by atomic mass is 10.1. The van der Waals surface area contributed by atoms with Gasteiger partial charge in [0.1, 0.15) is 12.7 Å². The van der Waals surface area contributed by atoms with E-state index in [-0.39, 0.29) is 6.10 Å². The van der Waals surface area contributed by atoms with Gasteiger partial charge < -0.3 is 19.3 Å². The van der Waals surface area contributed by atoms with Crippen LogP contribution in [0.3, 0.4) is 0 Å². The number of aliphatic hydroxyl groups excluding tert-OH is 1. The van der Waals surface area contributed by atoms with Gasteiger partial charge in [0.15, 0.2) is 5.79 Å². The second kappa shape index (κ2) is 5.47. The molecular weight excluding hydrogens is 196 g/mol. The first-order valence-electron chi connectivity index (χ1n) is 4.99. The minimum atomic E-state index is -0.601. The number of rotatable bonds is 3. The van der Waals surface area contributed by atoms with Gasteiger partial charge in [0, 0.05) is 13.5 Å². The first kappa shape index (κ1) is 12.5. The molecule has 0 bridgehead atoms. The minimum absolute atomic E-state index is 0.281. The van der Waals surface area contributed by atoms with Crippen molar-refractivity contribution in [1.82, 2.24) is 0 Å². The van der Waals surface area contributed by atoms with Crippen molar-refractivity contribution in [2.75, 3.05) is 20.3 Å². The van der Waals surface area contributed by atoms with E-state index in [2.05, 4.69) is 11.8 Å². The summed E-state index contributed by atoms with van der Waals surface area (Å²) in [6.07, 6.45) is -0.499. The molecule has 0 aliphatic carbocycles. The van der Waals surface area contributed by atoms with Crippen LogP contribution in [-0.2, 0) is 14.2 Å². The van der Waals surface area contributed by atoms with Crippen LogP contribution in [0, 0.1) is 11.8 Å². The van der Waals surface area contributed by atoms with Crippen molar-refractivity contribution in [3.8, 4) is 11.8 Å². The Morgan fingerprint density at radius 1 is 1.53 bits per heavy atom. The molecule has 1 saturated heterocycles. The van der Waals surface area contributed by atoms with Gasteiger partial charge >= 0.3 is 0 Å². The summed E-state index contributed by atoms with van der Waals surface area (Å²) in [5, 5.41) is 9.73. The van der Waals surface area contributed by atoms with Crippen molar-refractivity contribution in [2.45, 2.75) is 38.3 Å². The van der Waals surface area contributed by atoms with E-state index < -0.39 is 11.9 Å². The van der Waals surface area contributed by atoms with Crippen LogP contribution in [0.1, 0.15) is 20.3 Å². The average Bonchev–Trinajstić information content (AvgIpc) is 2.53. The smallest absolute Gasteiger partial charge is 0.163 e. The summed E-state index contributed by atoms with van der Waals surface area (Å²) >= 11 is 0. The van der Waals surface area contributed by atoms with Crippen LogP contribution in [0.2, 0.25) is 0 Å². The van der Waals surface area contributed by atoms with Gasteiger partial charge in [0.2, 0.25) is 0 Å². The molecule has 86 valence electrons. The number of hydrogen-bond donors (Lipinski definition) is 1. The molecule has 4 heteroatoms. The highest BCUT2D eigenvalue weighted by molar-refractivity contribution is 5.01. The molecule has 0 saturated carbocycles. The fourth-order valence-electron chi connectivity index (χ4n) is 1.34. The van der Waals surface area contributed by atoms with Crippen molar-refractivity contribution in [3.63, 3.8) is 0 Å². The van der Waals surface area contributed by atoms with Gasteiger partial charge in [-0.3, -0.25) is 0 Å². The first-order chi connectivity index (χ1) is 7.05. The molecule has 0 aromatic rings. The Kier molecular flexibility index (Phi) is 4.55. The van der Waals surface area contributed by atoms with Gasteiger partial charge in [0.25, 0.3) is 0 Å². The monoisotopic (exact) mass is 214 g/mol. The van der Waals surface area contributed by atoms with Crippen LogP contribution >= 0.6 is 0 Å². The molecule has 0 radical (unpaired) electrons. The van der Waals surface area contributed by atoms with Gasteiger partial charge in [-0.05, 0) is 13.8 Å². The Balaban J connectivity index is 2.30. The molecule has 4 nitrogen and oxygen atoms in total. The lowest BCUT2D eigenvalue weighted by Gasteiger charge is -2.19. The summed E-state index contributed by atoms with van der Waals surface area (Å²) < 4.78 is 15.6. The van der Waals surface area contributed by atoms with E-state index in [1.54, 1.807) is 7.11 Å². The van der Waals surface area contributed by atoms with Gasteiger partial charge in [0.05, 0.1) is 12.7 Å². The van der Waals surface area contributed by atoms with Gasteiger partial charge in [-0.1, -0.05) is 11.8 Å². The molecule has 1 fully saturated rings. The highest BCUT2D eigenvalue weighted by Crippen LogP contribution is 2.24. The van der Waals surface area contributed by atoms with Crippen LogP contribution in [0.4, 0.5) is 0 Å². The molecule has 1 aliphatic rings. The van der Waals surface area contributed by atoms with Crippen molar-refractivity contribution in [2.24, 2.45) is 0 Å². The van der Waals surface area contributed by atoms with Crippen LogP contribution in [0.5, 0.6) is 0 Å². The quantitative estimate of drug-likeness (QED) is 0.696. The van der Waals surface area contributed by atoms with E-state index in [0.717, 1.165) is 0 Å². The normalized spacial score (nSPS) is 25.7. The van der Waals surface area contributed by atoms with Gasteiger partial charge in [-0.15, -0.1) is 0 Å². The van der Waals surface area contributed by atoms with Crippen LogP contribution < -0.4 is 0 Å². The molecule has 0 aromatic heterocycles. The second-order valence-electron chi connectivity index (χ2n) is 3.93. The average molecular weight is 214 g/mol. The molecule has 1 rings (SSSR count). The fourth-order valence-corrected chi connectivity index (χ4v) is 1.34. The first-order valence-corrected chi connectivity index (χ1v) is 4.99. The van der Waals surface area contributed by atoms with E-state index in [1.165, 1.54) is 0 Å². The van der Waals surface area contributed by atoms with E-state index in [4.69, 9.17) is 14.2 Å². The molecule has 1 N–H and O–H groups in total. The van der Waals surface area contributed by atoms with Crippen LogP contribution in [0.15, 0.2) is 0 Å². The molecule has 15 heavy (non-hydrogen) atoms. The van der Waals surface area contributed by atoms with Crippen molar-refractivity contribution < 1.29 is 19.3 Å². The number of ether oxygens (including phenoxy) is 3. The van der Waals surface area contributed by atoms with Crippen LogP contribution in [-0.4, -0.2) is 43.4 Å².